The maximum Gasteiger partial charge on any atom is 0.251 e. The average Bonchev–Trinajstić information content (AvgIpc) is 2.53. The molecule has 1 saturated heterocycles. The molecule has 6 nitrogen and oxygen atoms in total. The second-order valence-electron chi connectivity index (χ2n) is 6.09. The summed E-state index contributed by atoms with van der Waals surface area (Å²) in [4.78, 5) is 14.6. The first-order valence-electron chi connectivity index (χ1n) is 8.03. The predicted octanol–water partition coefficient (Wildman–Crippen LogP) is 1.19. The van der Waals surface area contributed by atoms with E-state index in [-0.39, 0.29) is 10.8 Å². The van der Waals surface area contributed by atoms with Gasteiger partial charge in [0.05, 0.1) is 4.90 Å². The normalized spacial score (nSPS) is 19.5. The monoisotopic (exact) mass is 339 g/mol. The van der Waals surface area contributed by atoms with E-state index in [4.69, 9.17) is 5.14 Å². The van der Waals surface area contributed by atoms with Gasteiger partial charge in [0.25, 0.3) is 5.91 Å². The van der Waals surface area contributed by atoms with E-state index >= 15 is 0 Å². The van der Waals surface area contributed by atoms with Crippen LogP contribution in [0.15, 0.2) is 29.2 Å². The quantitative estimate of drug-likeness (QED) is 0.814. The van der Waals surface area contributed by atoms with Crippen LogP contribution in [0.3, 0.4) is 0 Å². The minimum Gasteiger partial charge on any atom is -0.352 e. The summed E-state index contributed by atoms with van der Waals surface area (Å²) in [7, 11) is -3.72. The highest BCUT2D eigenvalue weighted by Crippen LogP contribution is 2.16. The van der Waals surface area contributed by atoms with Gasteiger partial charge in [-0.3, -0.25) is 4.79 Å². The van der Waals surface area contributed by atoms with Crippen LogP contribution in [0.25, 0.3) is 0 Å². The van der Waals surface area contributed by atoms with Gasteiger partial charge < -0.3 is 10.2 Å². The van der Waals surface area contributed by atoms with Crippen molar-refractivity contribution in [2.45, 2.75) is 31.1 Å². The molecule has 128 valence electrons. The Morgan fingerprint density at radius 2 is 2.04 bits per heavy atom. The number of piperidine rings is 1. The number of nitrogens with one attached hydrogen (secondary N) is 1. The molecule has 1 amide bonds. The zero-order chi connectivity index (χ0) is 16.9. The number of primary sulfonamides is 1. The van der Waals surface area contributed by atoms with E-state index in [1.165, 1.54) is 30.7 Å². The summed E-state index contributed by atoms with van der Waals surface area (Å²) in [6.07, 6.45) is 3.45. The van der Waals surface area contributed by atoms with Crippen molar-refractivity contribution in [3.05, 3.63) is 29.8 Å². The largest absolute Gasteiger partial charge is 0.352 e. The molecule has 0 radical (unpaired) electrons. The summed E-state index contributed by atoms with van der Waals surface area (Å²) < 4.78 is 22.4. The molecule has 1 atom stereocenters. The highest BCUT2D eigenvalue weighted by molar-refractivity contribution is 7.89. The third-order valence-corrected chi connectivity index (χ3v) is 5.07. The van der Waals surface area contributed by atoms with E-state index in [1.807, 2.05) is 0 Å². The number of likely N-dealkylation sites (tertiary alicyclic amines) is 1. The van der Waals surface area contributed by atoms with Crippen LogP contribution >= 0.6 is 0 Å². The summed E-state index contributed by atoms with van der Waals surface area (Å²) in [5, 5.41) is 7.99. The van der Waals surface area contributed by atoms with Crippen LogP contribution in [0.2, 0.25) is 0 Å². The molecule has 1 aromatic carbocycles. The van der Waals surface area contributed by atoms with Gasteiger partial charge in [-0.25, -0.2) is 13.6 Å². The first-order chi connectivity index (χ1) is 10.9. The van der Waals surface area contributed by atoms with Gasteiger partial charge in [0.15, 0.2) is 0 Å². The molecule has 0 bridgehead atoms. The van der Waals surface area contributed by atoms with E-state index < -0.39 is 10.0 Å². The van der Waals surface area contributed by atoms with Crippen molar-refractivity contribution >= 4 is 15.9 Å². The van der Waals surface area contributed by atoms with Crippen LogP contribution in [-0.4, -0.2) is 45.4 Å². The van der Waals surface area contributed by atoms with Crippen molar-refractivity contribution in [3.63, 3.8) is 0 Å². The lowest BCUT2D eigenvalue weighted by Crippen LogP contribution is -2.41. The summed E-state index contributed by atoms with van der Waals surface area (Å²) in [5.74, 6) is 0.293. The number of sulfonamides is 1. The molecule has 3 N–H and O–H groups in total. The summed E-state index contributed by atoms with van der Waals surface area (Å²) in [5.41, 5.74) is 0.443. The standard InChI is InChI=1S/C16H25N3O3S/c1-2-9-19-10-3-4-13(12-19)11-18-16(20)14-5-7-15(8-6-14)23(17,21)22/h5-8,13H,2-4,9-12H2,1H3,(H,18,20)(H2,17,21,22)/t13-/m1/s1. The number of carbonyl (C=O) groups is 1. The number of nitrogens with zero attached hydrogens (tertiary/aromatic N) is 1. The fourth-order valence-electron chi connectivity index (χ4n) is 2.97. The van der Waals surface area contributed by atoms with Crippen LogP contribution < -0.4 is 10.5 Å². The molecule has 0 aliphatic carbocycles. The molecule has 1 aliphatic heterocycles. The van der Waals surface area contributed by atoms with Crippen LogP contribution in [-0.2, 0) is 10.0 Å². The highest BCUT2D eigenvalue weighted by Gasteiger charge is 2.20. The molecular weight excluding hydrogens is 314 g/mol. The molecule has 0 aromatic heterocycles. The Kier molecular flexibility index (Phi) is 6.15. The third kappa shape index (κ3) is 5.30. The first kappa shape index (κ1) is 17.9. The van der Waals surface area contributed by atoms with Crippen molar-refractivity contribution in [1.29, 1.82) is 0 Å². The molecule has 0 spiro atoms. The number of benzene rings is 1. The van der Waals surface area contributed by atoms with Gasteiger partial charge in [-0.1, -0.05) is 6.92 Å². The summed E-state index contributed by atoms with van der Waals surface area (Å²) in [6.45, 7) is 6.11. The number of hydrogen-bond donors (Lipinski definition) is 2. The second kappa shape index (κ2) is 7.90. The van der Waals surface area contributed by atoms with Crippen molar-refractivity contribution in [1.82, 2.24) is 10.2 Å². The first-order valence-corrected chi connectivity index (χ1v) is 9.58. The molecule has 23 heavy (non-hydrogen) atoms. The lowest BCUT2D eigenvalue weighted by Gasteiger charge is -2.32. The minimum atomic E-state index is -3.72. The molecule has 1 heterocycles. The molecule has 1 fully saturated rings. The average molecular weight is 339 g/mol. The van der Waals surface area contributed by atoms with Crippen LogP contribution in [0, 0.1) is 5.92 Å². The number of amides is 1. The topological polar surface area (TPSA) is 92.5 Å². The molecule has 0 unspecified atom stereocenters. The van der Waals surface area contributed by atoms with Gasteiger partial charge in [0, 0.05) is 18.7 Å². The highest BCUT2D eigenvalue weighted by atomic mass is 32.2. The van der Waals surface area contributed by atoms with Gasteiger partial charge in [-0.05, 0) is 62.5 Å². The Balaban J connectivity index is 1.87. The van der Waals surface area contributed by atoms with E-state index in [1.54, 1.807) is 0 Å². The Hall–Kier alpha value is -1.44. The fraction of sp³-hybridized carbons (Fsp3) is 0.562. The Bertz CT molecular complexity index is 626. The number of carbonyl (C=O) groups excluding carboxylic acids is 1. The lowest BCUT2D eigenvalue weighted by atomic mass is 9.97. The SMILES string of the molecule is CCCN1CCC[C@H](CNC(=O)c2ccc(S(N)(=O)=O)cc2)C1. The van der Waals surface area contributed by atoms with Crippen LogP contribution in [0.4, 0.5) is 0 Å². The number of rotatable bonds is 6. The van der Waals surface area contributed by atoms with Crippen molar-refractivity contribution < 1.29 is 13.2 Å². The summed E-state index contributed by atoms with van der Waals surface area (Å²) in [6, 6.07) is 5.68. The number of hydrogen-bond acceptors (Lipinski definition) is 4. The lowest BCUT2D eigenvalue weighted by molar-refractivity contribution is 0.0932. The summed E-state index contributed by atoms with van der Waals surface area (Å²) >= 11 is 0. The van der Waals surface area contributed by atoms with E-state index in [0.29, 0.717) is 18.0 Å². The van der Waals surface area contributed by atoms with Gasteiger partial charge in [0.2, 0.25) is 10.0 Å². The van der Waals surface area contributed by atoms with Gasteiger partial charge in [-0.15, -0.1) is 0 Å². The molecule has 1 aromatic rings. The molecule has 1 aliphatic rings. The van der Waals surface area contributed by atoms with Gasteiger partial charge >= 0.3 is 0 Å². The molecule has 7 heteroatoms. The van der Waals surface area contributed by atoms with E-state index in [9.17, 15) is 13.2 Å². The van der Waals surface area contributed by atoms with Crippen molar-refractivity contribution in [3.8, 4) is 0 Å². The maximum absolute atomic E-state index is 12.2. The van der Waals surface area contributed by atoms with Gasteiger partial charge in [-0.2, -0.15) is 0 Å². The van der Waals surface area contributed by atoms with Crippen molar-refractivity contribution in [2.75, 3.05) is 26.2 Å². The van der Waals surface area contributed by atoms with Gasteiger partial charge in [0.1, 0.15) is 0 Å². The molecule has 2 rings (SSSR count). The fourth-order valence-corrected chi connectivity index (χ4v) is 3.49. The van der Waals surface area contributed by atoms with Crippen molar-refractivity contribution in [2.24, 2.45) is 11.1 Å². The molecule has 0 saturated carbocycles. The zero-order valence-electron chi connectivity index (χ0n) is 13.5. The third-order valence-electron chi connectivity index (χ3n) is 4.14. The van der Waals surface area contributed by atoms with Crippen LogP contribution in [0.5, 0.6) is 0 Å². The Morgan fingerprint density at radius 3 is 2.65 bits per heavy atom. The van der Waals surface area contributed by atoms with Crippen LogP contribution in [0.1, 0.15) is 36.5 Å². The Morgan fingerprint density at radius 1 is 1.35 bits per heavy atom. The Labute approximate surface area is 138 Å². The van der Waals surface area contributed by atoms with E-state index in [2.05, 4.69) is 17.1 Å². The zero-order valence-corrected chi connectivity index (χ0v) is 14.3. The number of nitrogens with two attached hydrogens (primary N) is 1. The maximum atomic E-state index is 12.2. The minimum absolute atomic E-state index is 0.0107. The smallest absolute Gasteiger partial charge is 0.251 e. The predicted molar refractivity (Wildman–Crippen MR) is 89.6 cm³/mol. The molecular formula is C16H25N3O3S. The second-order valence-corrected chi connectivity index (χ2v) is 7.65. The van der Waals surface area contributed by atoms with E-state index in [0.717, 1.165) is 32.5 Å².